The molecule has 0 amide bonds. The summed E-state index contributed by atoms with van der Waals surface area (Å²) in [6.07, 6.45) is 0.834. The average molecular weight is 241 g/mol. The van der Waals surface area contributed by atoms with Crippen LogP contribution in [-0.4, -0.2) is 16.0 Å². The number of hydrogen-bond acceptors (Lipinski definition) is 2. The molecule has 16 heavy (non-hydrogen) atoms. The van der Waals surface area contributed by atoms with Crippen molar-refractivity contribution in [2.45, 2.75) is 36.5 Å². The molecule has 1 aliphatic heterocycles. The third kappa shape index (κ3) is 1.80. The minimum Gasteiger partial charge on any atom is -0.309 e. The van der Waals surface area contributed by atoms with Crippen LogP contribution in [0.25, 0.3) is 0 Å². The third-order valence-electron chi connectivity index (χ3n) is 3.00. The summed E-state index contributed by atoms with van der Waals surface area (Å²) in [6, 6.07) is 4.71. The Balaban J connectivity index is 2.45. The van der Waals surface area contributed by atoms with Gasteiger partial charge in [0.2, 0.25) is 0 Å². The molecule has 4 heteroatoms. The van der Waals surface area contributed by atoms with Crippen LogP contribution >= 0.6 is 0 Å². The van der Waals surface area contributed by atoms with Crippen LogP contribution in [0.4, 0.5) is 4.39 Å². The molecule has 1 heterocycles. The van der Waals surface area contributed by atoms with E-state index in [2.05, 4.69) is 5.32 Å². The molecule has 0 spiro atoms. The quantitative estimate of drug-likeness (QED) is 0.880. The van der Waals surface area contributed by atoms with Crippen LogP contribution in [0.1, 0.15) is 31.9 Å². The normalized spacial score (nSPS) is 28.1. The molecule has 1 N–H and O–H groups in total. The van der Waals surface area contributed by atoms with Gasteiger partial charge in [0.1, 0.15) is 5.82 Å². The molecule has 1 aliphatic rings. The van der Waals surface area contributed by atoms with Crippen molar-refractivity contribution >= 4 is 10.8 Å². The minimum absolute atomic E-state index is 0.0664. The lowest BCUT2D eigenvalue weighted by molar-refractivity contribution is 0.519. The first-order valence-corrected chi connectivity index (χ1v) is 6.83. The van der Waals surface area contributed by atoms with Crippen molar-refractivity contribution in [1.29, 1.82) is 0 Å². The summed E-state index contributed by atoms with van der Waals surface area (Å²) in [5.41, 5.74) is 0.994. The summed E-state index contributed by atoms with van der Waals surface area (Å²) in [7, 11) is -1.08. The van der Waals surface area contributed by atoms with Crippen LogP contribution in [0.2, 0.25) is 0 Å². The summed E-state index contributed by atoms with van der Waals surface area (Å²) < 4.78 is 25.3. The van der Waals surface area contributed by atoms with Gasteiger partial charge in [-0.2, -0.15) is 0 Å². The zero-order valence-electron chi connectivity index (χ0n) is 9.50. The highest BCUT2D eigenvalue weighted by molar-refractivity contribution is 7.86. The molecule has 0 saturated carbocycles. The monoisotopic (exact) mass is 241 g/mol. The number of rotatable bonds is 3. The van der Waals surface area contributed by atoms with Gasteiger partial charge in [0.05, 0.1) is 16.0 Å². The van der Waals surface area contributed by atoms with Gasteiger partial charge in [0.25, 0.3) is 0 Å². The highest BCUT2D eigenvalue weighted by atomic mass is 32.2. The standard InChI is InChI=1S/C12H16FNOS/c1-3-10-12(14-4-2)9-6-5-8(13)7-11(9)16(10)15/h5-7,10,12,14H,3-4H2,1-2H3. The molecule has 1 aromatic rings. The van der Waals surface area contributed by atoms with Crippen molar-refractivity contribution in [3.05, 3.63) is 29.6 Å². The maximum absolute atomic E-state index is 13.1. The summed E-state index contributed by atoms with van der Waals surface area (Å²) >= 11 is 0. The second-order valence-electron chi connectivity index (χ2n) is 3.96. The van der Waals surface area contributed by atoms with Gasteiger partial charge in [-0.15, -0.1) is 0 Å². The van der Waals surface area contributed by atoms with Crippen LogP contribution in [0, 0.1) is 5.82 Å². The van der Waals surface area contributed by atoms with E-state index in [9.17, 15) is 8.60 Å². The number of fused-ring (bicyclic) bond motifs is 1. The van der Waals surface area contributed by atoms with Crippen LogP contribution in [0.5, 0.6) is 0 Å². The zero-order chi connectivity index (χ0) is 11.7. The first-order chi connectivity index (χ1) is 7.69. The van der Waals surface area contributed by atoms with E-state index in [1.807, 2.05) is 13.8 Å². The fourth-order valence-corrected chi connectivity index (χ4v) is 4.05. The Kier molecular flexibility index (Phi) is 3.40. The lowest BCUT2D eigenvalue weighted by Crippen LogP contribution is -2.29. The molecule has 0 bridgehead atoms. The first-order valence-electron chi connectivity index (χ1n) is 5.62. The molecular weight excluding hydrogens is 225 g/mol. The fraction of sp³-hybridized carbons (Fsp3) is 0.500. The van der Waals surface area contributed by atoms with Gasteiger partial charge in [0.15, 0.2) is 0 Å². The molecule has 1 aromatic carbocycles. The fourth-order valence-electron chi connectivity index (χ4n) is 2.27. The zero-order valence-corrected chi connectivity index (χ0v) is 10.3. The maximum atomic E-state index is 13.1. The van der Waals surface area contributed by atoms with Gasteiger partial charge in [0, 0.05) is 10.9 Å². The predicted octanol–water partition coefficient (Wildman–Crippen LogP) is 2.38. The number of halogens is 1. The molecular formula is C12H16FNOS. The van der Waals surface area contributed by atoms with E-state index in [4.69, 9.17) is 0 Å². The molecule has 2 rings (SSSR count). The lowest BCUT2D eigenvalue weighted by Gasteiger charge is -2.18. The average Bonchev–Trinajstić information content (AvgIpc) is 2.53. The SMILES string of the molecule is CCNC1c2ccc(F)cc2S(=O)C1CC. The number of nitrogens with one attached hydrogen (secondary N) is 1. The van der Waals surface area contributed by atoms with E-state index in [-0.39, 0.29) is 17.1 Å². The molecule has 88 valence electrons. The van der Waals surface area contributed by atoms with Gasteiger partial charge in [-0.25, -0.2) is 4.39 Å². The summed E-state index contributed by atoms with van der Waals surface area (Å²) in [4.78, 5) is 0.665. The van der Waals surface area contributed by atoms with E-state index in [1.165, 1.54) is 12.1 Å². The van der Waals surface area contributed by atoms with Gasteiger partial charge >= 0.3 is 0 Å². The molecule has 0 radical (unpaired) electrons. The Morgan fingerprint density at radius 2 is 2.19 bits per heavy atom. The second-order valence-corrected chi connectivity index (χ2v) is 5.60. The predicted molar refractivity (Wildman–Crippen MR) is 63.3 cm³/mol. The van der Waals surface area contributed by atoms with Crippen LogP contribution < -0.4 is 5.32 Å². The van der Waals surface area contributed by atoms with E-state index < -0.39 is 10.8 Å². The largest absolute Gasteiger partial charge is 0.309 e. The van der Waals surface area contributed by atoms with Gasteiger partial charge in [-0.3, -0.25) is 4.21 Å². The Labute approximate surface area is 97.7 Å². The van der Waals surface area contributed by atoms with Crippen molar-refractivity contribution in [2.24, 2.45) is 0 Å². The molecule has 3 atom stereocenters. The molecule has 0 saturated heterocycles. The summed E-state index contributed by atoms with van der Waals surface area (Å²) in [5.74, 6) is -0.306. The Bertz CT molecular complexity index is 421. The van der Waals surface area contributed by atoms with E-state index in [0.29, 0.717) is 4.90 Å². The van der Waals surface area contributed by atoms with Crippen molar-refractivity contribution in [1.82, 2.24) is 5.32 Å². The van der Waals surface area contributed by atoms with Crippen molar-refractivity contribution < 1.29 is 8.60 Å². The smallest absolute Gasteiger partial charge is 0.124 e. The molecule has 3 unspecified atom stereocenters. The number of hydrogen-bond donors (Lipinski definition) is 1. The molecule has 2 nitrogen and oxygen atoms in total. The Morgan fingerprint density at radius 3 is 2.81 bits per heavy atom. The van der Waals surface area contributed by atoms with Crippen molar-refractivity contribution in [2.75, 3.05) is 6.54 Å². The third-order valence-corrected chi connectivity index (χ3v) is 4.94. The second kappa shape index (κ2) is 4.63. The van der Waals surface area contributed by atoms with Crippen LogP contribution in [-0.2, 0) is 10.8 Å². The van der Waals surface area contributed by atoms with E-state index >= 15 is 0 Å². The van der Waals surface area contributed by atoms with E-state index in [0.717, 1.165) is 18.5 Å². The lowest BCUT2D eigenvalue weighted by atomic mass is 10.0. The van der Waals surface area contributed by atoms with Crippen LogP contribution in [0.15, 0.2) is 23.1 Å². The van der Waals surface area contributed by atoms with Gasteiger partial charge < -0.3 is 5.32 Å². The first kappa shape index (κ1) is 11.7. The van der Waals surface area contributed by atoms with Crippen molar-refractivity contribution in [3.63, 3.8) is 0 Å². The Hall–Kier alpha value is -0.740. The topological polar surface area (TPSA) is 29.1 Å². The van der Waals surface area contributed by atoms with Gasteiger partial charge in [-0.1, -0.05) is 19.9 Å². The van der Waals surface area contributed by atoms with Crippen molar-refractivity contribution in [3.8, 4) is 0 Å². The van der Waals surface area contributed by atoms with Crippen LogP contribution in [0.3, 0.4) is 0 Å². The number of benzene rings is 1. The highest BCUT2D eigenvalue weighted by Crippen LogP contribution is 2.38. The maximum Gasteiger partial charge on any atom is 0.124 e. The summed E-state index contributed by atoms with van der Waals surface area (Å²) in [6.45, 7) is 4.88. The summed E-state index contributed by atoms with van der Waals surface area (Å²) in [5, 5.41) is 3.40. The minimum atomic E-state index is -1.08. The van der Waals surface area contributed by atoms with E-state index in [1.54, 1.807) is 6.07 Å². The highest BCUT2D eigenvalue weighted by Gasteiger charge is 2.37. The molecule has 0 fully saturated rings. The molecule has 0 aromatic heterocycles. The Morgan fingerprint density at radius 1 is 1.44 bits per heavy atom. The van der Waals surface area contributed by atoms with Gasteiger partial charge in [-0.05, 0) is 30.7 Å². The molecule has 0 aliphatic carbocycles.